The quantitative estimate of drug-likeness (QED) is 0.606. The van der Waals surface area contributed by atoms with E-state index in [1.54, 1.807) is 6.07 Å². The molecule has 0 saturated carbocycles. The predicted octanol–water partition coefficient (Wildman–Crippen LogP) is 2.75. The Bertz CT molecular complexity index is 355. The predicted molar refractivity (Wildman–Crippen MR) is 64.0 cm³/mol. The fourth-order valence-corrected chi connectivity index (χ4v) is 2.25. The molecule has 1 aliphatic heterocycles. The lowest BCUT2D eigenvalue weighted by Gasteiger charge is -2.35. The number of hydrogen-bond acceptors (Lipinski definition) is 4. The third-order valence-electron chi connectivity index (χ3n) is 2.69. The SMILES string of the molecule is CC[C@H]1CCOCN1c1cc(Cl)nc(Cl)n1. The Morgan fingerprint density at radius 1 is 1.50 bits per heavy atom. The van der Waals surface area contributed by atoms with E-state index in [1.807, 2.05) is 0 Å². The summed E-state index contributed by atoms with van der Waals surface area (Å²) >= 11 is 11.6. The van der Waals surface area contributed by atoms with Crippen LogP contribution < -0.4 is 4.90 Å². The van der Waals surface area contributed by atoms with Gasteiger partial charge in [-0.15, -0.1) is 0 Å². The zero-order chi connectivity index (χ0) is 11.5. The van der Waals surface area contributed by atoms with Crippen LogP contribution in [0.3, 0.4) is 0 Å². The molecule has 1 aliphatic rings. The number of halogens is 2. The maximum absolute atomic E-state index is 5.86. The van der Waals surface area contributed by atoms with E-state index in [9.17, 15) is 0 Å². The number of ether oxygens (including phenoxy) is 1. The Balaban J connectivity index is 2.26. The minimum absolute atomic E-state index is 0.169. The molecule has 0 unspecified atom stereocenters. The summed E-state index contributed by atoms with van der Waals surface area (Å²) in [7, 11) is 0. The van der Waals surface area contributed by atoms with Crippen molar-refractivity contribution in [2.45, 2.75) is 25.8 Å². The molecule has 0 bridgehead atoms. The average Bonchev–Trinajstić information content (AvgIpc) is 2.27. The van der Waals surface area contributed by atoms with Crippen LogP contribution in [0, 0.1) is 0 Å². The van der Waals surface area contributed by atoms with Gasteiger partial charge in [-0.3, -0.25) is 0 Å². The molecular weight excluding hydrogens is 249 g/mol. The zero-order valence-electron chi connectivity index (χ0n) is 8.99. The molecule has 1 saturated heterocycles. The van der Waals surface area contributed by atoms with Crippen LogP contribution in [0.4, 0.5) is 5.82 Å². The third kappa shape index (κ3) is 2.56. The lowest BCUT2D eigenvalue weighted by atomic mass is 10.1. The first kappa shape index (κ1) is 11.9. The normalized spacial score (nSPS) is 21.2. The van der Waals surface area contributed by atoms with E-state index in [-0.39, 0.29) is 5.28 Å². The first-order chi connectivity index (χ1) is 7.70. The van der Waals surface area contributed by atoms with Gasteiger partial charge < -0.3 is 9.64 Å². The van der Waals surface area contributed by atoms with Gasteiger partial charge in [0, 0.05) is 12.1 Å². The van der Waals surface area contributed by atoms with Crippen molar-refractivity contribution in [3.63, 3.8) is 0 Å². The van der Waals surface area contributed by atoms with Crippen molar-refractivity contribution in [1.82, 2.24) is 9.97 Å². The van der Waals surface area contributed by atoms with Gasteiger partial charge in [0.25, 0.3) is 0 Å². The van der Waals surface area contributed by atoms with Gasteiger partial charge in [0.05, 0.1) is 6.61 Å². The van der Waals surface area contributed by atoms with Crippen LogP contribution >= 0.6 is 23.2 Å². The van der Waals surface area contributed by atoms with Crippen LogP contribution in [0.25, 0.3) is 0 Å². The molecule has 0 radical (unpaired) electrons. The largest absolute Gasteiger partial charge is 0.361 e. The van der Waals surface area contributed by atoms with E-state index in [0.717, 1.165) is 25.3 Å². The second-order valence-corrected chi connectivity index (χ2v) is 4.40. The molecule has 2 rings (SSSR count). The molecule has 1 aromatic heterocycles. The van der Waals surface area contributed by atoms with E-state index >= 15 is 0 Å². The smallest absolute Gasteiger partial charge is 0.225 e. The molecule has 0 N–H and O–H groups in total. The highest BCUT2D eigenvalue weighted by Gasteiger charge is 2.23. The van der Waals surface area contributed by atoms with Gasteiger partial charge in [0.2, 0.25) is 5.28 Å². The van der Waals surface area contributed by atoms with Crippen molar-refractivity contribution in [1.29, 1.82) is 0 Å². The van der Waals surface area contributed by atoms with Gasteiger partial charge in [-0.1, -0.05) is 18.5 Å². The highest BCUT2D eigenvalue weighted by atomic mass is 35.5. The number of nitrogens with zero attached hydrogens (tertiary/aromatic N) is 3. The summed E-state index contributed by atoms with van der Waals surface area (Å²) in [6.45, 7) is 3.47. The topological polar surface area (TPSA) is 38.2 Å². The van der Waals surface area contributed by atoms with Crippen molar-refractivity contribution in [2.24, 2.45) is 0 Å². The molecule has 0 amide bonds. The lowest BCUT2D eigenvalue weighted by molar-refractivity contribution is 0.0859. The van der Waals surface area contributed by atoms with Crippen molar-refractivity contribution >= 4 is 29.0 Å². The van der Waals surface area contributed by atoms with Crippen LogP contribution in [0.15, 0.2) is 6.07 Å². The van der Waals surface area contributed by atoms with E-state index in [4.69, 9.17) is 27.9 Å². The molecular formula is C10H13Cl2N3O. The van der Waals surface area contributed by atoms with Gasteiger partial charge in [0.1, 0.15) is 17.7 Å². The Labute approximate surface area is 105 Å². The fraction of sp³-hybridized carbons (Fsp3) is 0.600. The van der Waals surface area contributed by atoms with Gasteiger partial charge in [-0.25, -0.2) is 9.97 Å². The fourth-order valence-electron chi connectivity index (χ4n) is 1.85. The highest BCUT2D eigenvalue weighted by Crippen LogP contribution is 2.24. The van der Waals surface area contributed by atoms with Gasteiger partial charge in [0.15, 0.2) is 0 Å². The summed E-state index contributed by atoms with van der Waals surface area (Å²) in [5.74, 6) is 0.733. The maximum Gasteiger partial charge on any atom is 0.225 e. The van der Waals surface area contributed by atoms with E-state index in [0.29, 0.717) is 17.9 Å². The maximum atomic E-state index is 5.86. The highest BCUT2D eigenvalue weighted by molar-refractivity contribution is 6.32. The summed E-state index contributed by atoms with van der Waals surface area (Å²) in [6.07, 6.45) is 2.04. The summed E-state index contributed by atoms with van der Waals surface area (Å²) in [5, 5.41) is 0.526. The third-order valence-corrected chi connectivity index (χ3v) is 3.05. The number of aromatic nitrogens is 2. The first-order valence-corrected chi connectivity index (χ1v) is 6.00. The average molecular weight is 262 g/mol. The van der Waals surface area contributed by atoms with Crippen molar-refractivity contribution < 1.29 is 4.74 Å². The number of anilines is 1. The molecule has 6 heteroatoms. The Morgan fingerprint density at radius 3 is 3.00 bits per heavy atom. The van der Waals surface area contributed by atoms with Gasteiger partial charge >= 0.3 is 0 Å². The Morgan fingerprint density at radius 2 is 2.31 bits per heavy atom. The lowest BCUT2D eigenvalue weighted by Crippen LogP contribution is -2.42. The minimum atomic E-state index is 0.169. The minimum Gasteiger partial charge on any atom is -0.361 e. The van der Waals surface area contributed by atoms with Crippen molar-refractivity contribution in [3.8, 4) is 0 Å². The number of rotatable bonds is 2. The van der Waals surface area contributed by atoms with Gasteiger partial charge in [-0.2, -0.15) is 0 Å². The molecule has 88 valence electrons. The summed E-state index contributed by atoms with van der Waals surface area (Å²) in [4.78, 5) is 10.1. The van der Waals surface area contributed by atoms with Gasteiger partial charge in [-0.05, 0) is 24.4 Å². The Kier molecular flexibility index (Phi) is 3.84. The second kappa shape index (κ2) is 5.17. The van der Waals surface area contributed by atoms with Crippen LogP contribution in [-0.2, 0) is 4.74 Å². The zero-order valence-corrected chi connectivity index (χ0v) is 10.5. The molecule has 0 aromatic carbocycles. The first-order valence-electron chi connectivity index (χ1n) is 5.25. The summed E-state index contributed by atoms with van der Waals surface area (Å²) < 4.78 is 5.43. The van der Waals surface area contributed by atoms with E-state index in [1.165, 1.54) is 0 Å². The molecule has 0 spiro atoms. The van der Waals surface area contributed by atoms with Crippen LogP contribution in [0.2, 0.25) is 10.4 Å². The van der Waals surface area contributed by atoms with E-state index < -0.39 is 0 Å². The molecule has 16 heavy (non-hydrogen) atoms. The summed E-state index contributed by atoms with van der Waals surface area (Å²) in [5.41, 5.74) is 0. The number of hydrogen-bond donors (Lipinski definition) is 0. The molecule has 4 nitrogen and oxygen atoms in total. The Hall–Kier alpha value is -0.580. The second-order valence-electron chi connectivity index (χ2n) is 3.68. The molecule has 1 aromatic rings. The van der Waals surface area contributed by atoms with Crippen molar-refractivity contribution in [2.75, 3.05) is 18.2 Å². The molecule has 1 atom stereocenters. The van der Waals surface area contributed by atoms with Crippen LogP contribution in [0.5, 0.6) is 0 Å². The van der Waals surface area contributed by atoms with Crippen LogP contribution in [-0.4, -0.2) is 29.3 Å². The van der Waals surface area contributed by atoms with E-state index in [2.05, 4.69) is 21.8 Å². The molecule has 0 aliphatic carbocycles. The van der Waals surface area contributed by atoms with Crippen molar-refractivity contribution in [3.05, 3.63) is 16.5 Å². The summed E-state index contributed by atoms with van der Waals surface area (Å²) in [6, 6.07) is 2.14. The molecule has 1 fully saturated rings. The molecule has 2 heterocycles. The standard InChI is InChI=1S/C10H13Cl2N3O/c1-2-7-3-4-16-6-15(7)9-5-8(11)13-10(12)14-9/h5,7H,2-4,6H2,1H3/t7-/m0/s1. The van der Waals surface area contributed by atoms with Crippen LogP contribution in [0.1, 0.15) is 19.8 Å². The monoisotopic (exact) mass is 261 g/mol.